The minimum atomic E-state index is -0.473. The van der Waals surface area contributed by atoms with E-state index in [9.17, 15) is 4.79 Å². The Bertz CT molecular complexity index is 561. The van der Waals surface area contributed by atoms with Gasteiger partial charge in [0.15, 0.2) is 5.75 Å². The van der Waals surface area contributed by atoms with Crippen molar-refractivity contribution in [2.75, 3.05) is 0 Å². The molecule has 2 aromatic rings. The van der Waals surface area contributed by atoms with Crippen molar-refractivity contribution in [3.05, 3.63) is 52.5 Å². The number of benzene rings is 1. The molecule has 92 valence electrons. The minimum Gasteiger partial charge on any atom is -0.425 e. The highest BCUT2D eigenvalue weighted by molar-refractivity contribution is 6.43. The van der Waals surface area contributed by atoms with Crippen molar-refractivity contribution in [2.24, 2.45) is 0 Å². The van der Waals surface area contributed by atoms with E-state index < -0.39 is 5.97 Å². The van der Waals surface area contributed by atoms with Crippen LogP contribution in [-0.2, 0) is 11.2 Å². The van der Waals surface area contributed by atoms with Crippen molar-refractivity contribution < 1.29 is 9.53 Å². The third-order valence-electron chi connectivity index (χ3n) is 2.08. The molecule has 0 spiro atoms. The third-order valence-corrected chi connectivity index (χ3v) is 2.88. The van der Waals surface area contributed by atoms with E-state index in [0.717, 1.165) is 0 Å². The maximum absolute atomic E-state index is 11.7. The summed E-state index contributed by atoms with van der Waals surface area (Å²) < 4.78 is 5.11. The second-order valence-electron chi connectivity index (χ2n) is 3.40. The van der Waals surface area contributed by atoms with Crippen molar-refractivity contribution >= 4 is 29.2 Å². The van der Waals surface area contributed by atoms with Gasteiger partial charge in [-0.15, -0.1) is 0 Å². The molecule has 1 heterocycles. The molecule has 4 nitrogen and oxygen atoms in total. The molecule has 18 heavy (non-hydrogen) atoms. The lowest BCUT2D eigenvalue weighted by molar-refractivity contribution is -0.133. The van der Waals surface area contributed by atoms with E-state index >= 15 is 0 Å². The van der Waals surface area contributed by atoms with Crippen LogP contribution in [0.3, 0.4) is 0 Å². The number of ether oxygens (including phenoxy) is 1. The molecule has 0 amide bonds. The van der Waals surface area contributed by atoms with E-state index in [-0.39, 0.29) is 17.2 Å². The summed E-state index contributed by atoms with van der Waals surface area (Å²) in [6.07, 6.45) is 4.56. The highest BCUT2D eigenvalue weighted by Crippen LogP contribution is 2.31. The quantitative estimate of drug-likeness (QED) is 0.642. The van der Waals surface area contributed by atoms with E-state index in [0.29, 0.717) is 10.7 Å². The van der Waals surface area contributed by atoms with Gasteiger partial charge in [0.05, 0.1) is 17.1 Å². The molecule has 0 aliphatic heterocycles. The molecular formula is C12H8Cl2N2O2. The number of halogens is 2. The second kappa shape index (κ2) is 5.80. The van der Waals surface area contributed by atoms with Gasteiger partial charge in [0.25, 0.3) is 0 Å². The number of carbonyl (C=O) groups excluding carboxylic acids is 1. The van der Waals surface area contributed by atoms with Crippen LogP contribution in [-0.4, -0.2) is 15.9 Å². The zero-order valence-electron chi connectivity index (χ0n) is 9.14. The van der Waals surface area contributed by atoms with Crippen molar-refractivity contribution in [3.63, 3.8) is 0 Å². The molecule has 0 unspecified atom stereocenters. The molecule has 0 bridgehead atoms. The Balaban J connectivity index is 2.06. The van der Waals surface area contributed by atoms with Crippen LogP contribution < -0.4 is 4.74 Å². The fourth-order valence-electron chi connectivity index (χ4n) is 1.29. The van der Waals surface area contributed by atoms with Crippen LogP contribution in [0.4, 0.5) is 0 Å². The maximum Gasteiger partial charge on any atom is 0.317 e. The van der Waals surface area contributed by atoms with Gasteiger partial charge >= 0.3 is 5.97 Å². The first-order valence-corrected chi connectivity index (χ1v) is 5.82. The molecule has 2 rings (SSSR count). The summed E-state index contributed by atoms with van der Waals surface area (Å²) in [6, 6.07) is 4.84. The normalized spacial score (nSPS) is 10.1. The second-order valence-corrected chi connectivity index (χ2v) is 4.18. The van der Waals surface area contributed by atoms with Gasteiger partial charge < -0.3 is 4.74 Å². The highest BCUT2D eigenvalue weighted by Gasteiger charge is 2.11. The highest BCUT2D eigenvalue weighted by atomic mass is 35.5. The van der Waals surface area contributed by atoms with Gasteiger partial charge in [-0.1, -0.05) is 29.3 Å². The van der Waals surface area contributed by atoms with Crippen molar-refractivity contribution in [3.8, 4) is 5.75 Å². The van der Waals surface area contributed by atoms with Crippen molar-refractivity contribution in [1.82, 2.24) is 9.97 Å². The van der Waals surface area contributed by atoms with E-state index in [2.05, 4.69) is 9.97 Å². The molecule has 0 saturated carbocycles. The number of hydrogen-bond acceptors (Lipinski definition) is 4. The van der Waals surface area contributed by atoms with E-state index in [1.54, 1.807) is 18.2 Å². The Labute approximate surface area is 114 Å². The predicted octanol–water partition coefficient (Wildman–Crippen LogP) is 2.93. The average Bonchev–Trinajstić information content (AvgIpc) is 2.36. The SMILES string of the molecule is O=C(Cc1cnccn1)Oc1cccc(Cl)c1Cl. The molecule has 0 radical (unpaired) electrons. The first kappa shape index (κ1) is 12.8. The zero-order chi connectivity index (χ0) is 13.0. The summed E-state index contributed by atoms with van der Waals surface area (Å²) in [7, 11) is 0. The number of hydrogen-bond donors (Lipinski definition) is 0. The summed E-state index contributed by atoms with van der Waals surface area (Å²) >= 11 is 11.7. The van der Waals surface area contributed by atoms with Gasteiger partial charge in [-0.25, -0.2) is 0 Å². The van der Waals surface area contributed by atoms with Crippen LogP contribution in [0.2, 0.25) is 10.0 Å². The Morgan fingerprint density at radius 3 is 2.83 bits per heavy atom. The van der Waals surface area contributed by atoms with Gasteiger partial charge in [0.1, 0.15) is 5.02 Å². The van der Waals surface area contributed by atoms with Gasteiger partial charge in [-0.05, 0) is 12.1 Å². The van der Waals surface area contributed by atoms with Crippen LogP contribution in [0.5, 0.6) is 5.75 Å². The molecule has 0 saturated heterocycles. The molecule has 1 aromatic carbocycles. The van der Waals surface area contributed by atoms with Crippen LogP contribution >= 0.6 is 23.2 Å². The van der Waals surface area contributed by atoms with Gasteiger partial charge in [-0.3, -0.25) is 14.8 Å². The topological polar surface area (TPSA) is 52.1 Å². The Morgan fingerprint density at radius 2 is 2.11 bits per heavy atom. The van der Waals surface area contributed by atoms with Gasteiger partial charge in [-0.2, -0.15) is 0 Å². The van der Waals surface area contributed by atoms with Crippen LogP contribution in [0.15, 0.2) is 36.8 Å². The largest absolute Gasteiger partial charge is 0.425 e. The Hall–Kier alpha value is -1.65. The standard InChI is InChI=1S/C12H8Cl2N2O2/c13-9-2-1-3-10(12(9)14)18-11(17)6-8-7-15-4-5-16-8/h1-5,7H,6H2. The summed E-state index contributed by atoms with van der Waals surface area (Å²) in [4.78, 5) is 19.5. The van der Waals surface area contributed by atoms with E-state index in [1.165, 1.54) is 18.6 Å². The third kappa shape index (κ3) is 3.18. The molecule has 0 aliphatic carbocycles. The van der Waals surface area contributed by atoms with Gasteiger partial charge in [0, 0.05) is 18.6 Å². The molecule has 0 fully saturated rings. The van der Waals surface area contributed by atoms with Gasteiger partial charge in [0.2, 0.25) is 0 Å². The number of aromatic nitrogens is 2. The number of nitrogens with zero attached hydrogens (tertiary/aromatic N) is 2. The molecule has 0 aliphatic rings. The summed E-state index contributed by atoms with van der Waals surface area (Å²) in [6.45, 7) is 0. The smallest absolute Gasteiger partial charge is 0.317 e. The van der Waals surface area contributed by atoms with Crippen molar-refractivity contribution in [2.45, 2.75) is 6.42 Å². The fourth-order valence-corrected chi connectivity index (χ4v) is 1.62. The molecule has 0 N–H and O–H groups in total. The predicted molar refractivity (Wildman–Crippen MR) is 67.8 cm³/mol. The van der Waals surface area contributed by atoms with Crippen LogP contribution in [0.1, 0.15) is 5.69 Å². The zero-order valence-corrected chi connectivity index (χ0v) is 10.6. The number of rotatable bonds is 3. The first-order valence-electron chi connectivity index (χ1n) is 5.06. The first-order chi connectivity index (χ1) is 8.66. The van der Waals surface area contributed by atoms with E-state index in [1.807, 2.05) is 0 Å². The lowest BCUT2D eigenvalue weighted by Gasteiger charge is -2.06. The van der Waals surface area contributed by atoms with Crippen LogP contribution in [0, 0.1) is 0 Å². The Morgan fingerprint density at radius 1 is 1.28 bits per heavy atom. The lowest BCUT2D eigenvalue weighted by Crippen LogP contribution is -2.12. The summed E-state index contributed by atoms with van der Waals surface area (Å²) in [5, 5.41) is 0.549. The molecular weight excluding hydrogens is 275 g/mol. The summed E-state index contributed by atoms with van der Waals surface area (Å²) in [5.41, 5.74) is 0.528. The fraction of sp³-hybridized carbons (Fsp3) is 0.0833. The van der Waals surface area contributed by atoms with E-state index in [4.69, 9.17) is 27.9 Å². The number of carbonyl (C=O) groups is 1. The summed E-state index contributed by atoms with van der Waals surface area (Å²) in [5.74, 6) is -0.238. The van der Waals surface area contributed by atoms with Crippen LogP contribution in [0.25, 0.3) is 0 Å². The molecule has 6 heteroatoms. The molecule has 1 aromatic heterocycles. The number of esters is 1. The monoisotopic (exact) mass is 282 g/mol. The maximum atomic E-state index is 11.7. The lowest BCUT2D eigenvalue weighted by atomic mass is 10.3. The minimum absolute atomic E-state index is 0.0245. The Kier molecular flexibility index (Phi) is 4.12. The van der Waals surface area contributed by atoms with Crippen molar-refractivity contribution in [1.29, 1.82) is 0 Å². The average molecular weight is 283 g/mol. The molecule has 0 atom stereocenters.